The van der Waals surface area contributed by atoms with E-state index in [1.807, 2.05) is 4.90 Å². The van der Waals surface area contributed by atoms with Gasteiger partial charge in [-0.15, -0.1) is 0 Å². The topological polar surface area (TPSA) is 101 Å². The second kappa shape index (κ2) is 4.75. The second-order valence-corrected chi connectivity index (χ2v) is 4.99. The summed E-state index contributed by atoms with van der Waals surface area (Å²) in [6.45, 7) is 1.22. The Morgan fingerprint density at radius 1 is 1.60 bits per heavy atom. The predicted molar refractivity (Wildman–Crippen MR) is 72.8 cm³/mol. The maximum atomic E-state index is 14.6. The fourth-order valence-electron chi connectivity index (χ4n) is 2.64. The zero-order chi connectivity index (χ0) is 14.3. The molecular weight excluding hydrogens is 261 g/mol. The summed E-state index contributed by atoms with van der Waals surface area (Å²) >= 11 is 0. The molecule has 1 aliphatic rings. The number of primary amides is 1. The van der Waals surface area contributed by atoms with Crippen LogP contribution in [-0.2, 0) is 0 Å². The quantitative estimate of drug-likeness (QED) is 0.744. The number of nitrogens with two attached hydrogens (primary N) is 2. The maximum absolute atomic E-state index is 14.6. The van der Waals surface area contributed by atoms with Gasteiger partial charge in [-0.2, -0.15) is 0 Å². The van der Waals surface area contributed by atoms with Gasteiger partial charge in [0.1, 0.15) is 5.65 Å². The Kier molecular flexibility index (Phi) is 3.06. The molecule has 1 atom stereocenters. The lowest BCUT2D eigenvalue weighted by Crippen LogP contribution is -2.43. The average Bonchev–Trinajstić information content (AvgIpc) is 2.85. The van der Waals surface area contributed by atoms with Crippen LogP contribution in [0.1, 0.15) is 23.3 Å². The number of carbonyl (C=O) groups is 1. The van der Waals surface area contributed by atoms with Crippen LogP contribution in [0.25, 0.3) is 11.0 Å². The van der Waals surface area contributed by atoms with E-state index in [0.717, 1.165) is 12.8 Å². The fourth-order valence-corrected chi connectivity index (χ4v) is 2.64. The maximum Gasteiger partial charge on any atom is 0.270 e. The van der Waals surface area contributed by atoms with E-state index < -0.39 is 11.7 Å². The van der Waals surface area contributed by atoms with Gasteiger partial charge in [0.25, 0.3) is 5.91 Å². The van der Waals surface area contributed by atoms with Crippen molar-refractivity contribution in [3.8, 4) is 0 Å². The lowest BCUT2D eigenvalue weighted by molar-refractivity contribution is 0.0991. The number of hydrogen-bond acceptors (Lipinski definition) is 4. The van der Waals surface area contributed by atoms with Crippen molar-refractivity contribution in [2.75, 3.05) is 18.0 Å². The number of nitrogens with zero attached hydrogens (tertiary/aromatic N) is 2. The van der Waals surface area contributed by atoms with Crippen molar-refractivity contribution in [3.63, 3.8) is 0 Å². The van der Waals surface area contributed by atoms with Crippen LogP contribution < -0.4 is 16.4 Å². The Balaban J connectivity index is 2.19. The molecule has 105 valence electrons. The molecule has 1 aliphatic heterocycles. The first-order chi connectivity index (χ1) is 9.58. The fraction of sp³-hybridized carbons (Fsp3) is 0.385. The molecule has 0 bridgehead atoms. The third kappa shape index (κ3) is 2.00. The van der Waals surface area contributed by atoms with Crippen LogP contribution in [0.15, 0.2) is 6.20 Å². The number of aromatic nitrogens is 2. The van der Waals surface area contributed by atoms with Crippen LogP contribution in [-0.4, -0.2) is 35.0 Å². The van der Waals surface area contributed by atoms with Gasteiger partial charge >= 0.3 is 0 Å². The largest absolute Gasteiger partial charge is 0.367 e. The Morgan fingerprint density at radius 2 is 2.40 bits per heavy atom. The first-order valence-electron chi connectivity index (χ1n) is 6.46. The van der Waals surface area contributed by atoms with Crippen LogP contribution in [0.2, 0.25) is 0 Å². The van der Waals surface area contributed by atoms with Crippen molar-refractivity contribution >= 4 is 22.6 Å². The van der Waals surface area contributed by atoms with Crippen LogP contribution >= 0.6 is 0 Å². The Morgan fingerprint density at radius 3 is 3.10 bits per heavy atom. The van der Waals surface area contributed by atoms with Crippen molar-refractivity contribution in [2.45, 2.75) is 18.9 Å². The number of nitrogens with one attached hydrogen (secondary N) is 1. The minimum atomic E-state index is -0.887. The lowest BCUT2D eigenvalue weighted by Gasteiger charge is -2.33. The number of carbonyl (C=O) groups excluding carboxylic acids is 1. The number of amides is 1. The van der Waals surface area contributed by atoms with Gasteiger partial charge in [-0.1, -0.05) is 0 Å². The van der Waals surface area contributed by atoms with Crippen molar-refractivity contribution in [2.24, 2.45) is 11.5 Å². The van der Waals surface area contributed by atoms with E-state index in [1.165, 1.54) is 6.20 Å². The zero-order valence-corrected chi connectivity index (χ0v) is 10.8. The summed E-state index contributed by atoms with van der Waals surface area (Å²) < 4.78 is 14.6. The molecule has 1 radical (unpaired) electrons. The number of rotatable bonds is 2. The predicted octanol–water partition coefficient (Wildman–Crippen LogP) is 0.529. The molecule has 2 aromatic rings. The van der Waals surface area contributed by atoms with E-state index >= 15 is 0 Å². The van der Waals surface area contributed by atoms with E-state index in [1.54, 1.807) is 0 Å². The smallest absolute Gasteiger partial charge is 0.270 e. The van der Waals surface area contributed by atoms with Gasteiger partial charge in [0.05, 0.1) is 11.1 Å². The zero-order valence-electron chi connectivity index (χ0n) is 10.8. The van der Waals surface area contributed by atoms with Gasteiger partial charge in [-0.05, 0) is 12.8 Å². The van der Waals surface area contributed by atoms with Gasteiger partial charge in [0.15, 0.2) is 11.5 Å². The molecule has 0 aliphatic carbocycles. The molecule has 3 rings (SSSR count). The Labute approximate surface area is 114 Å². The van der Waals surface area contributed by atoms with Gasteiger partial charge in [-0.25, -0.2) is 9.37 Å². The van der Waals surface area contributed by atoms with Crippen LogP contribution in [0, 0.1) is 11.9 Å². The first kappa shape index (κ1) is 12.9. The van der Waals surface area contributed by atoms with E-state index in [0.29, 0.717) is 29.8 Å². The molecule has 1 saturated heterocycles. The highest BCUT2D eigenvalue weighted by Gasteiger charge is 2.26. The highest BCUT2D eigenvalue weighted by atomic mass is 19.1. The van der Waals surface area contributed by atoms with Gasteiger partial charge in [-0.3, -0.25) is 4.79 Å². The summed E-state index contributed by atoms with van der Waals surface area (Å²) in [7, 11) is 0. The normalized spacial score (nSPS) is 19.5. The van der Waals surface area contributed by atoms with Crippen LogP contribution in [0.3, 0.4) is 0 Å². The molecule has 1 fully saturated rings. The van der Waals surface area contributed by atoms with Gasteiger partial charge in [0, 0.05) is 31.4 Å². The minimum absolute atomic E-state index is 0.0117. The Hall–Kier alpha value is -2.15. The lowest BCUT2D eigenvalue weighted by atomic mass is 10.0. The molecule has 2 aromatic heterocycles. The third-order valence-corrected chi connectivity index (χ3v) is 3.55. The molecule has 3 heterocycles. The van der Waals surface area contributed by atoms with Gasteiger partial charge < -0.3 is 21.4 Å². The molecule has 20 heavy (non-hydrogen) atoms. The number of pyridine rings is 1. The molecule has 0 aromatic carbocycles. The number of hydrogen-bond donors (Lipinski definition) is 3. The number of fused-ring (bicyclic) bond motifs is 1. The molecule has 5 N–H and O–H groups in total. The number of aromatic amines is 1. The number of H-pyrrole nitrogens is 1. The monoisotopic (exact) mass is 276 g/mol. The standard InChI is InChI=1S/C13H15FN5O/c14-9-10(12(16)20)18-13-8(3-4-17-13)11(9)19-5-1-2-7(15)6-19/h4,7H,1-2,5-6,15H2,(H2,16,20)(H,17,18)/t7-/m1/s1. The number of halogens is 1. The summed E-state index contributed by atoms with van der Waals surface area (Å²) in [5.41, 5.74) is 11.5. The van der Waals surface area contributed by atoms with Crippen LogP contribution in [0.4, 0.5) is 10.1 Å². The molecule has 0 saturated carbocycles. The van der Waals surface area contributed by atoms with Crippen LogP contribution in [0.5, 0.6) is 0 Å². The summed E-state index contributed by atoms with van der Waals surface area (Å²) in [5, 5.41) is 0.515. The van der Waals surface area contributed by atoms with E-state index in [2.05, 4.69) is 16.0 Å². The Bertz CT molecular complexity index is 668. The average molecular weight is 276 g/mol. The van der Waals surface area contributed by atoms with E-state index in [-0.39, 0.29) is 11.7 Å². The van der Waals surface area contributed by atoms with Crippen molar-refractivity contribution < 1.29 is 9.18 Å². The molecule has 0 unspecified atom stereocenters. The molecular formula is C13H15FN5O. The number of piperidine rings is 1. The summed E-state index contributed by atoms with van der Waals surface area (Å²) in [6.07, 6.45) is 3.32. The molecule has 1 amide bonds. The van der Waals surface area contributed by atoms with Gasteiger partial charge in [0.2, 0.25) is 0 Å². The first-order valence-corrected chi connectivity index (χ1v) is 6.46. The van der Waals surface area contributed by atoms with Crippen molar-refractivity contribution in [3.05, 3.63) is 23.8 Å². The number of anilines is 1. The molecule has 7 heteroatoms. The highest BCUT2D eigenvalue weighted by molar-refractivity contribution is 5.98. The summed E-state index contributed by atoms with van der Waals surface area (Å²) in [4.78, 5) is 19.9. The third-order valence-electron chi connectivity index (χ3n) is 3.55. The SMILES string of the molecule is NC(=O)c1nc2[nH]c[c]c2c(N2CCC[C@@H](N)C2)c1F. The van der Waals surface area contributed by atoms with Crippen molar-refractivity contribution in [1.82, 2.24) is 9.97 Å². The second-order valence-electron chi connectivity index (χ2n) is 4.99. The molecule has 0 spiro atoms. The van der Waals surface area contributed by atoms with E-state index in [9.17, 15) is 9.18 Å². The minimum Gasteiger partial charge on any atom is -0.367 e. The summed E-state index contributed by atoms with van der Waals surface area (Å²) in [5.74, 6) is -1.59. The van der Waals surface area contributed by atoms with Crippen molar-refractivity contribution in [1.29, 1.82) is 0 Å². The van der Waals surface area contributed by atoms with E-state index in [4.69, 9.17) is 11.5 Å². The highest BCUT2D eigenvalue weighted by Crippen LogP contribution is 2.31. The molecule has 6 nitrogen and oxygen atoms in total. The summed E-state index contributed by atoms with van der Waals surface area (Å²) in [6, 6.07) is 2.90.